The van der Waals surface area contributed by atoms with E-state index in [4.69, 9.17) is 4.74 Å². The zero-order valence-corrected chi connectivity index (χ0v) is 20.8. The van der Waals surface area contributed by atoms with Crippen LogP contribution in [-0.4, -0.2) is 107 Å². The van der Waals surface area contributed by atoms with Crippen molar-refractivity contribution >= 4 is 27.5 Å². The first-order chi connectivity index (χ1) is 16.4. The Morgan fingerprint density at radius 3 is 2.06 bits per heavy atom. The van der Waals surface area contributed by atoms with Crippen LogP contribution in [0.25, 0.3) is 0 Å². The summed E-state index contributed by atoms with van der Waals surface area (Å²) in [7, 11) is -1.84. The van der Waals surface area contributed by atoms with Crippen LogP contribution in [0.2, 0.25) is 0 Å². The summed E-state index contributed by atoms with van der Waals surface area (Å²) in [5.41, 5.74) is 0.575. The number of hydrogen-bond donors (Lipinski definition) is 2. The molecule has 11 heteroatoms. The van der Waals surface area contributed by atoms with E-state index in [2.05, 4.69) is 20.4 Å². The van der Waals surface area contributed by atoms with E-state index in [0.29, 0.717) is 51.6 Å². The third kappa shape index (κ3) is 8.02. The van der Waals surface area contributed by atoms with Crippen molar-refractivity contribution in [3.8, 4) is 0 Å². The van der Waals surface area contributed by atoms with E-state index < -0.39 is 10.0 Å². The van der Waals surface area contributed by atoms with Crippen LogP contribution in [0.5, 0.6) is 0 Å². The second-order valence-electron chi connectivity index (χ2n) is 8.79. The van der Waals surface area contributed by atoms with Crippen molar-refractivity contribution in [2.75, 3.05) is 77.9 Å². The number of carbonyl (C=O) groups is 2. The van der Waals surface area contributed by atoms with Gasteiger partial charge in [-0.05, 0) is 43.5 Å². The first-order valence-corrected chi connectivity index (χ1v) is 13.4. The van der Waals surface area contributed by atoms with Gasteiger partial charge in [-0.25, -0.2) is 8.42 Å². The number of piperidine rings is 1. The first-order valence-electron chi connectivity index (χ1n) is 12.0. The van der Waals surface area contributed by atoms with Gasteiger partial charge in [0.25, 0.3) is 0 Å². The highest BCUT2D eigenvalue weighted by molar-refractivity contribution is 7.89. The largest absolute Gasteiger partial charge is 0.385 e. The number of nitrogens with zero attached hydrogens (tertiary/aromatic N) is 3. The average Bonchev–Trinajstić information content (AvgIpc) is 2.84. The van der Waals surface area contributed by atoms with Crippen LogP contribution in [0.15, 0.2) is 29.2 Å². The molecule has 2 heterocycles. The van der Waals surface area contributed by atoms with Gasteiger partial charge in [-0.1, -0.05) is 6.42 Å². The Labute approximate surface area is 202 Å². The number of piperazine rings is 1. The Balaban J connectivity index is 1.38. The second-order valence-corrected chi connectivity index (χ2v) is 10.7. The van der Waals surface area contributed by atoms with Crippen molar-refractivity contribution < 1.29 is 22.7 Å². The molecule has 2 fully saturated rings. The number of ether oxygens (including phenoxy) is 1. The molecule has 2 amide bonds. The second kappa shape index (κ2) is 13.1. The molecule has 3 rings (SSSR count). The van der Waals surface area contributed by atoms with Crippen molar-refractivity contribution in [1.82, 2.24) is 19.4 Å². The summed E-state index contributed by atoms with van der Waals surface area (Å²) >= 11 is 0. The lowest BCUT2D eigenvalue weighted by atomic mass is 10.2. The van der Waals surface area contributed by atoms with Gasteiger partial charge in [-0.15, -0.1) is 0 Å². The lowest BCUT2D eigenvalue weighted by molar-refractivity contribution is -0.123. The minimum absolute atomic E-state index is 0.00745. The van der Waals surface area contributed by atoms with E-state index in [1.165, 1.54) is 4.31 Å². The molecule has 0 saturated carbocycles. The molecule has 0 aromatic heterocycles. The van der Waals surface area contributed by atoms with Crippen molar-refractivity contribution in [3.63, 3.8) is 0 Å². The van der Waals surface area contributed by atoms with E-state index in [9.17, 15) is 18.0 Å². The third-order valence-electron chi connectivity index (χ3n) is 6.14. The average molecular weight is 496 g/mol. The van der Waals surface area contributed by atoms with Gasteiger partial charge in [0.1, 0.15) is 0 Å². The third-order valence-corrected chi connectivity index (χ3v) is 8.05. The fourth-order valence-electron chi connectivity index (χ4n) is 4.18. The van der Waals surface area contributed by atoms with Crippen molar-refractivity contribution in [2.45, 2.75) is 30.6 Å². The zero-order chi connectivity index (χ0) is 24.4. The molecule has 1 aromatic carbocycles. The topological polar surface area (TPSA) is 111 Å². The predicted octanol–water partition coefficient (Wildman–Crippen LogP) is 0.570. The van der Waals surface area contributed by atoms with E-state index in [-0.39, 0.29) is 23.3 Å². The van der Waals surface area contributed by atoms with Gasteiger partial charge in [0.15, 0.2) is 0 Å². The van der Waals surface area contributed by atoms with Crippen LogP contribution < -0.4 is 10.6 Å². The molecule has 2 N–H and O–H groups in total. The lowest BCUT2D eigenvalue weighted by Gasteiger charge is -2.33. The minimum atomic E-state index is -3.48. The van der Waals surface area contributed by atoms with Crippen LogP contribution in [-0.2, 0) is 24.3 Å². The summed E-state index contributed by atoms with van der Waals surface area (Å²) < 4.78 is 32.0. The Morgan fingerprint density at radius 1 is 0.882 bits per heavy atom. The number of benzene rings is 1. The number of carbonyl (C=O) groups excluding carboxylic acids is 2. The number of nitrogens with one attached hydrogen (secondary N) is 2. The molecule has 0 aliphatic carbocycles. The fraction of sp³-hybridized carbons (Fsp3) is 0.652. The normalized spacial score (nSPS) is 18.5. The van der Waals surface area contributed by atoms with Gasteiger partial charge >= 0.3 is 0 Å². The van der Waals surface area contributed by atoms with Gasteiger partial charge in [0, 0.05) is 65.2 Å². The predicted molar refractivity (Wildman–Crippen MR) is 130 cm³/mol. The Morgan fingerprint density at radius 2 is 1.47 bits per heavy atom. The maximum absolute atomic E-state index is 12.8. The van der Waals surface area contributed by atoms with Crippen LogP contribution in [0, 0.1) is 0 Å². The minimum Gasteiger partial charge on any atom is -0.385 e. The molecule has 2 aliphatic heterocycles. The number of amides is 2. The van der Waals surface area contributed by atoms with Gasteiger partial charge in [0.2, 0.25) is 21.8 Å². The summed E-state index contributed by atoms with van der Waals surface area (Å²) in [6, 6.07) is 6.38. The molecule has 34 heavy (non-hydrogen) atoms. The molecule has 10 nitrogen and oxygen atoms in total. The van der Waals surface area contributed by atoms with Gasteiger partial charge in [-0.3, -0.25) is 19.4 Å². The summed E-state index contributed by atoms with van der Waals surface area (Å²) in [5.74, 6) is -0.135. The van der Waals surface area contributed by atoms with Crippen LogP contribution in [0.1, 0.15) is 25.7 Å². The molecule has 2 aliphatic rings. The van der Waals surface area contributed by atoms with Crippen LogP contribution in [0.4, 0.5) is 5.69 Å². The Hall–Kier alpha value is -2.05. The van der Waals surface area contributed by atoms with E-state index in [1.54, 1.807) is 31.4 Å². The highest BCUT2D eigenvalue weighted by atomic mass is 32.2. The molecular formula is C23H37N5O5S. The summed E-state index contributed by atoms with van der Waals surface area (Å²) in [4.78, 5) is 28.9. The lowest BCUT2D eigenvalue weighted by Crippen LogP contribution is -2.51. The van der Waals surface area contributed by atoms with Gasteiger partial charge < -0.3 is 15.4 Å². The quantitative estimate of drug-likeness (QED) is 0.432. The van der Waals surface area contributed by atoms with E-state index in [1.807, 2.05) is 0 Å². The maximum Gasteiger partial charge on any atom is 0.243 e. The standard InChI is InChI=1S/C23H37N5O5S/c1-33-17-5-10-24-22(29)18-26-13-15-27(16-14-26)19-23(30)25-20-6-8-21(9-7-20)34(31,32)28-11-3-2-4-12-28/h6-9H,2-5,10-19H2,1H3,(H,24,29)(H,25,30). The molecule has 2 saturated heterocycles. The molecular weight excluding hydrogens is 458 g/mol. The van der Waals surface area contributed by atoms with Crippen molar-refractivity contribution in [2.24, 2.45) is 0 Å². The Bertz CT molecular complexity index is 895. The number of sulfonamides is 1. The van der Waals surface area contributed by atoms with Crippen LogP contribution >= 0.6 is 0 Å². The van der Waals surface area contributed by atoms with Crippen LogP contribution in [0.3, 0.4) is 0 Å². The summed E-state index contributed by atoms with van der Waals surface area (Å²) in [5, 5.41) is 5.74. The maximum atomic E-state index is 12.8. The summed E-state index contributed by atoms with van der Waals surface area (Å²) in [6.45, 7) is 5.84. The molecule has 0 bridgehead atoms. The molecule has 0 spiro atoms. The first kappa shape index (κ1) is 26.6. The highest BCUT2D eigenvalue weighted by Crippen LogP contribution is 2.22. The smallest absolute Gasteiger partial charge is 0.243 e. The highest BCUT2D eigenvalue weighted by Gasteiger charge is 2.26. The number of methoxy groups -OCH3 is 1. The van der Waals surface area contributed by atoms with Gasteiger partial charge in [-0.2, -0.15) is 4.31 Å². The Kier molecular flexibility index (Phi) is 10.3. The van der Waals surface area contributed by atoms with E-state index in [0.717, 1.165) is 38.8 Å². The van der Waals surface area contributed by atoms with E-state index >= 15 is 0 Å². The fourth-order valence-corrected chi connectivity index (χ4v) is 5.69. The monoisotopic (exact) mass is 495 g/mol. The van der Waals surface area contributed by atoms with Crippen molar-refractivity contribution in [3.05, 3.63) is 24.3 Å². The molecule has 190 valence electrons. The summed E-state index contributed by atoms with van der Waals surface area (Å²) in [6.07, 6.45) is 3.65. The number of anilines is 1. The molecule has 0 unspecified atom stereocenters. The van der Waals surface area contributed by atoms with Crippen molar-refractivity contribution in [1.29, 1.82) is 0 Å². The molecule has 0 atom stereocenters. The number of hydrogen-bond acceptors (Lipinski definition) is 7. The molecule has 0 radical (unpaired) electrons. The number of rotatable bonds is 11. The van der Waals surface area contributed by atoms with Gasteiger partial charge in [0.05, 0.1) is 18.0 Å². The SMILES string of the molecule is COCCCNC(=O)CN1CCN(CC(=O)Nc2ccc(S(=O)(=O)N3CCCCC3)cc2)CC1. The zero-order valence-electron chi connectivity index (χ0n) is 20.0. The molecule has 1 aromatic rings.